The Balaban J connectivity index is 3.07. The Kier molecular flexibility index (Phi) is 4.26. The van der Waals surface area contributed by atoms with Gasteiger partial charge in [-0.3, -0.25) is 4.21 Å². The van der Waals surface area contributed by atoms with Crippen LogP contribution in [0.1, 0.15) is 10.4 Å². The van der Waals surface area contributed by atoms with Gasteiger partial charge >= 0.3 is 5.97 Å². The van der Waals surface area contributed by atoms with Crippen LogP contribution in [0, 0.1) is 0 Å². The fraction of sp³-hybridized carbons (Fsp3) is 0.222. The zero-order valence-corrected chi connectivity index (χ0v) is 9.47. The second-order valence-corrected chi connectivity index (χ2v) is 4.50. The summed E-state index contributed by atoms with van der Waals surface area (Å²) in [6, 6.07) is 4.22. The summed E-state index contributed by atoms with van der Waals surface area (Å²) >= 11 is 5.66. The SMILES string of the molecule is COCS(=O)c1ccc(Cl)c(C(=O)O)c1. The number of benzene rings is 1. The highest BCUT2D eigenvalue weighted by molar-refractivity contribution is 7.84. The van der Waals surface area contributed by atoms with Crippen LogP contribution in [0.4, 0.5) is 0 Å². The summed E-state index contributed by atoms with van der Waals surface area (Å²) in [5.74, 6) is -1.11. The number of aromatic carboxylic acids is 1. The number of halogens is 1. The lowest BCUT2D eigenvalue weighted by Gasteiger charge is -2.03. The van der Waals surface area contributed by atoms with Crippen LogP contribution < -0.4 is 0 Å². The third kappa shape index (κ3) is 3.02. The highest BCUT2D eigenvalue weighted by Gasteiger charge is 2.12. The fourth-order valence-electron chi connectivity index (χ4n) is 0.985. The third-order valence-electron chi connectivity index (χ3n) is 1.66. The summed E-state index contributed by atoms with van der Waals surface area (Å²) in [6.45, 7) is 0. The van der Waals surface area contributed by atoms with Gasteiger partial charge in [-0.1, -0.05) is 11.6 Å². The maximum absolute atomic E-state index is 11.5. The van der Waals surface area contributed by atoms with Crippen LogP contribution in [0.2, 0.25) is 5.02 Å². The molecular formula is C9H9ClO4S. The third-order valence-corrected chi connectivity index (χ3v) is 3.22. The fourth-order valence-corrected chi connectivity index (χ4v) is 2.00. The van der Waals surface area contributed by atoms with E-state index in [0.29, 0.717) is 4.90 Å². The molecule has 0 radical (unpaired) electrons. The van der Waals surface area contributed by atoms with Crippen LogP contribution in [0.25, 0.3) is 0 Å². The van der Waals surface area contributed by atoms with E-state index in [2.05, 4.69) is 0 Å². The molecule has 6 heteroatoms. The van der Waals surface area contributed by atoms with Crippen LogP contribution in [0.15, 0.2) is 23.1 Å². The van der Waals surface area contributed by atoms with E-state index in [9.17, 15) is 9.00 Å². The summed E-state index contributed by atoms with van der Waals surface area (Å²) in [4.78, 5) is 11.1. The smallest absolute Gasteiger partial charge is 0.337 e. The molecule has 15 heavy (non-hydrogen) atoms. The van der Waals surface area contributed by atoms with Gasteiger partial charge in [-0.2, -0.15) is 0 Å². The van der Waals surface area contributed by atoms with Crippen LogP contribution in [-0.2, 0) is 15.5 Å². The first kappa shape index (κ1) is 12.2. The van der Waals surface area contributed by atoms with Crippen molar-refractivity contribution in [2.45, 2.75) is 4.90 Å². The number of ether oxygens (including phenoxy) is 1. The molecule has 0 aliphatic carbocycles. The van der Waals surface area contributed by atoms with Crippen molar-refractivity contribution in [2.75, 3.05) is 13.0 Å². The minimum Gasteiger partial charge on any atom is -0.478 e. The molecule has 0 saturated heterocycles. The lowest BCUT2D eigenvalue weighted by atomic mass is 10.2. The summed E-state index contributed by atoms with van der Waals surface area (Å²) in [5.41, 5.74) is -0.0568. The Morgan fingerprint density at radius 2 is 2.27 bits per heavy atom. The number of methoxy groups -OCH3 is 1. The zero-order valence-electron chi connectivity index (χ0n) is 7.90. The van der Waals surface area contributed by atoms with Gasteiger partial charge in [-0.15, -0.1) is 0 Å². The second-order valence-electron chi connectivity index (χ2n) is 2.70. The molecule has 82 valence electrons. The molecule has 4 nitrogen and oxygen atoms in total. The highest BCUT2D eigenvalue weighted by atomic mass is 35.5. The topological polar surface area (TPSA) is 63.6 Å². The Hall–Kier alpha value is -0.910. The van der Waals surface area contributed by atoms with Gasteiger partial charge in [0.15, 0.2) is 0 Å². The summed E-state index contributed by atoms with van der Waals surface area (Å²) in [6.07, 6.45) is 0. The first-order chi connectivity index (χ1) is 7.06. The quantitative estimate of drug-likeness (QED) is 0.882. The molecule has 1 aromatic carbocycles. The second kappa shape index (κ2) is 5.25. The minimum absolute atomic E-state index is 0.0285. The average molecular weight is 249 g/mol. The Labute approximate surface area is 94.3 Å². The number of carbonyl (C=O) groups is 1. The molecule has 0 saturated carbocycles. The van der Waals surface area contributed by atoms with Gasteiger partial charge in [-0.25, -0.2) is 4.79 Å². The van der Waals surface area contributed by atoms with Crippen LogP contribution in [0.3, 0.4) is 0 Å². The van der Waals surface area contributed by atoms with E-state index in [4.69, 9.17) is 21.4 Å². The molecule has 0 heterocycles. The van der Waals surface area contributed by atoms with Crippen molar-refractivity contribution in [3.8, 4) is 0 Å². The summed E-state index contributed by atoms with van der Waals surface area (Å²) in [5, 5.41) is 8.91. The average Bonchev–Trinajstić information content (AvgIpc) is 2.18. The summed E-state index contributed by atoms with van der Waals surface area (Å²) in [7, 11) is 0.0598. The van der Waals surface area contributed by atoms with E-state index in [0.717, 1.165) is 0 Å². The largest absolute Gasteiger partial charge is 0.478 e. The van der Waals surface area contributed by atoms with Crippen molar-refractivity contribution in [1.29, 1.82) is 0 Å². The van der Waals surface area contributed by atoms with E-state index in [1.54, 1.807) is 0 Å². The monoisotopic (exact) mass is 248 g/mol. The van der Waals surface area contributed by atoms with Gasteiger partial charge in [-0.05, 0) is 18.2 Å². The molecule has 1 atom stereocenters. The highest BCUT2D eigenvalue weighted by Crippen LogP contribution is 2.19. The number of hydrogen-bond acceptors (Lipinski definition) is 3. The van der Waals surface area contributed by atoms with Gasteiger partial charge in [0.05, 0.1) is 21.4 Å². The minimum atomic E-state index is -1.36. The Bertz CT molecular complexity index is 405. The van der Waals surface area contributed by atoms with Crippen molar-refractivity contribution in [3.05, 3.63) is 28.8 Å². The predicted molar refractivity (Wildman–Crippen MR) is 56.7 cm³/mol. The molecular weight excluding hydrogens is 240 g/mol. The summed E-state index contributed by atoms with van der Waals surface area (Å²) < 4.78 is 16.2. The van der Waals surface area contributed by atoms with E-state index in [1.807, 2.05) is 0 Å². The maximum Gasteiger partial charge on any atom is 0.337 e. The first-order valence-electron chi connectivity index (χ1n) is 3.96. The Morgan fingerprint density at radius 1 is 1.60 bits per heavy atom. The van der Waals surface area contributed by atoms with Gasteiger partial charge in [0.1, 0.15) is 5.94 Å². The molecule has 0 spiro atoms. The van der Waals surface area contributed by atoms with E-state index in [1.165, 1.54) is 25.3 Å². The van der Waals surface area contributed by atoms with Gasteiger partial charge in [0, 0.05) is 12.0 Å². The van der Waals surface area contributed by atoms with Crippen LogP contribution >= 0.6 is 11.6 Å². The lowest BCUT2D eigenvalue weighted by molar-refractivity contribution is 0.0697. The molecule has 0 amide bonds. The molecule has 0 aliphatic rings. The number of carboxylic acid groups (broad SMARTS) is 1. The standard InChI is InChI=1S/C9H9ClO4S/c1-14-5-15(13)6-2-3-8(10)7(4-6)9(11)12/h2-4H,5H2,1H3,(H,11,12). The molecule has 0 bridgehead atoms. The van der Waals surface area contributed by atoms with E-state index < -0.39 is 16.8 Å². The lowest BCUT2D eigenvalue weighted by Crippen LogP contribution is -2.03. The van der Waals surface area contributed by atoms with Crippen molar-refractivity contribution in [1.82, 2.24) is 0 Å². The molecule has 1 unspecified atom stereocenters. The van der Waals surface area contributed by atoms with Gasteiger partial charge in [0.2, 0.25) is 0 Å². The zero-order chi connectivity index (χ0) is 11.4. The van der Waals surface area contributed by atoms with E-state index in [-0.39, 0.29) is 16.5 Å². The molecule has 1 rings (SSSR count). The number of carboxylic acids is 1. The maximum atomic E-state index is 11.5. The van der Waals surface area contributed by atoms with Crippen molar-refractivity contribution in [3.63, 3.8) is 0 Å². The Morgan fingerprint density at radius 3 is 2.80 bits per heavy atom. The molecule has 0 aromatic heterocycles. The molecule has 1 aromatic rings. The van der Waals surface area contributed by atoms with Crippen molar-refractivity contribution >= 4 is 28.4 Å². The predicted octanol–water partition coefficient (Wildman–Crippen LogP) is 1.75. The van der Waals surface area contributed by atoms with Crippen molar-refractivity contribution < 1.29 is 18.8 Å². The van der Waals surface area contributed by atoms with Crippen LogP contribution in [0.5, 0.6) is 0 Å². The first-order valence-corrected chi connectivity index (χ1v) is 5.66. The number of rotatable bonds is 4. The van der Waals surface area contributed by atoms with Crippen molar-refractivity contribution in [2.24, 2.45) is 0 Å². The normalized spacial score (nSPS) is 12.4. The molecule has 1 N–H and O–H groups in total. The van der Waals surface area contributed by atoms with E-state index >= 15 is 0 Å². The van der Waals surface area contributed by atoms with Gasteiger partial charge in [0.25, 0.3) is 0 Å². The van der Waals surface area contributed by atoms with Gasteiger partial charge < -0.3 is 9.84 Å². The molecule has 0 aliphatic heterocycles. The molecule has 0 fully saturated rings. The number of hydrogen-bond donors (Lipinski definition) is 1. The van der Waals surface area contributed by atoms with Crippen LogP contribution in [-0.4, -0.2) is 28.3 Å².